The molecule has 138 valence electrons. The number of rotatable bonds is 8. The van der Waals surface area contributed by atoms with Crippen LogP contribution in [0.1, 0.15) is 32.1 Å². The molecule has 1 aromatic rings. The molecule has 0 saturated carbocycles. The molecule has 2 saturated heterocycles. The molecule has 0 aromatic heterocycles. The predicted octanol–water partition coefficient (Wildman–Crippen LogP) is 2.46. The molecule has 0 spiro atoms. The predicted molar refractivity (Wildman–Crippen MR) is 97.7 cm³/mol. The van der Waals surface area contributed by atoms with Crippen molar-refractivity contribution in [3.63, 3.8) is 0 Å². The van der Waals surface area contributed by atoms with E-state index in [9.17, 15) is 4.79 Å². The number of carbonyl (C=O) groups excluding carboxylic acids is 1. The number of hydrogen-bond acceptors (Lipinski definition) is 4. The number of carbonyl (C=O) groups is 1. The Morgan fingerprint density at radius 1 is 1.20 bits per heavy atom. The van der Waals surface area contributed by atoms with E-state index in [2.05, 4.69) is 10.2 Å². The molecule has 1 amide bonds. The van der Waals surface area contributed by atoms with Crippen LogP contribution in [0.2, 0.25) is 0 Å². The van der Waals surface area contributed by atoms with Gasteiger partial charge in [0.15, 0.2) is 0 Å². The number of nitrogens with one attached hydrogen (secondary N) is 1. The summed E-state index contributed by atoms with van der Waals surface area (Å²) < 4.78 is 11.1. The van der Waals surface area contributed by atoms with Crippen LogP contribution in [-0.2, 0) is 9.53 Å². The maximum absolute atomic E-state index is 12.1. The first-order chi connectivity index (χ1) is 12.3. The van der Waals surface area contributed by atoms with Crippen LogP contribution in [0.15, 0.2) is 30.3 Å². The van der Waals surface area contributed by atoms with Crippen LogP contribution in [0.3, 0.4) is 0 Å². The number of hydrogen-bond donors (Lipinski definition) is 1. The number of nitrogens with zero attached hydrogens (tertiary/aromatic N) is 1. The first-order valence-electron chi connectivity index (χ1n) is 9.57. The number of ether oxygens (including phenoxy) is 2. The maximum Gasteiger partial charge on any atom is 0.220 e. The molecule has 3 rings (SSSR count). The SMILES string of the molecule is O=C(CCCOc1ccccc1)NC1CCN(C[C@H]2CCOC2)CC1. The van der Waals surface area contributed by atoms with Crippen molar-refractivity contribution in [1.82, 2.24) is 10.2 Å². The third kappa shape index (κ3) is 6.33. The minimum atomic E-state index is 0.152. The lowest BCUT2D eigenvalue weighted by Gasteiger charge is -2.33. The van der Waals surface area contributed by atoms with Crippen molar-refractivity contribution >= 4 is 5.91 Å². The summed E-state index contributed by atoms with van der Waals surface area (Å²) in [5.74, 6) is 1.72. The van der Waals surface area contributed by atoms with Gasteiger partial charge >= 0.3 is 0 Å². The maximum atomic E-state index is 12.1. The Balaban J connectivity index is 1.25. The summed E-state index contributed by atoms with van der Waals surface area (Å²) in [6.07, 6.45) is 4.59. The van der Waals surface area contributed by atoms with E-state index in [0.717, 1.165) is 57.9 Å². The van der Waals surface area contributed by atoms with Crippen molar-refractivity contribution in [2.24, 2.45) is 5.92 Å². The van der Waals surface area contributed by atoms with Gasteiger partial charge in [-0.2, -0.15) is 0 Å². The van der Waals surface area contributed by atoms with Gasteiger partial charge in [0.25, 0.3) is 0 Å². The summed E-state index contributed by atoms with van der Waals surface area (Å²) in [6.45, 7) is 5.74. The van der Waals surface area contributed by atoms with E-state index in [1.54, 1.807) is 0 Å². The van der Waals surface area contributed by atoms with Crippen molar-refractivity contribution in [2.75, 3.05) is 39.5 Å². The standard InChI is InChI=1S/C20H30N2O3/c23-20(7-4-13-25-19-5-2-1-3-6-19)21-18-8-11-22(12-9-18)15-17-10-14-24-16-17/h1-3,5-6,17-18H,4,7-16H2,(H,21,23)/t17-/m1/s1. The molecule has 1 N–H and O–H groups in total. The van der Waals surface area contributed by atoms with E-state index in [1.807, 2.05) is 30.3 Å². The van der Waals surface area contributed by atoms with Gasteiger partial charge in [0.05, 0.1) is 13.2 Å². The second kappa shape index (κ2) is 9.78. The molecule has 0 aliphatic carbocycles. The van der Waals surface area contributed by atoms with Crippen LogP contribution in [0.25, 0.3) is 0 Å². The normalized spacial score (nSPS) is 22.0. The van der Waals surface area contributed by atoms with Crippen LogP contribution in [-0.4, -0.2) is 56.3 Å². The summed E-state index contributed by atoms with van der Waals surface area (Å²) in [7, 11) is 0. The van der Waals surface area contributed by atoms with Gasteiger partial charge in [-0.3, -0.25) is 4.79 Å². The van der Waals surface area contributed by atoms with Crippen molar-refractivity contribution in [3.8, 4) is 5.75 Å². The molecule has 0 bridgehead atoms. The molecular weight excluding hydrogens is 316 g/mol. The molecular formula is C20H30N2O3. The highest BCUT2D eigenvalue weighted by molar-refractivity contribution is 5.76. The minimum Gasteiger partial charge on any atom is -0.494 e. The first kappa shape index (κ1) is 18.2. The van der Waals surface area contributed by atoms with Gasteiger partial charge in [0.2, 0.25) is 5.91 Å². The molecule has 25 heavy (non-hydrogen) atoms. The Kier molecular flexibility index (Phi) is 7.12. The highest BCUT2D eigenvalue weighted by Crippen LogP contribution is 2.17. The van der Waals surface area contributed by atoms with Gasteiger partial charge < -0.3 is 19.7 Å². The van der Waals surface area contributed by atoms with E-state index in [-0.39, 0.29) is 5.91 Å². The van der Waals surface area contributed by atoms with Gasteiger partial charge in [-0.15, -0.1) is 0 Å². The summed E-state index contributed by atoms with van der Waals surface area (Å²) >= 11 is 0. The molecule has 5 nitrogen and oxygen atoms in total. The highest BCUT2D eigenvalue weighted by atomic mass is 16.5. The molecule has 1 aromatic carbocycles. The summed E-state index contributed by atoms with van der Waals surface area (Å²) in [5, 5.41) is 3.19. The van der Waals surface area contributed by atoms with E-state index in [1.165, 1.54) is 6.42 Å². The fourth-order valence-corrected chi connectivity index (χ4v) is 3.59. The zero-order valence-electron chi connectivity index (χ0n) is 15.0. The van der Waals surface area contributed by atoms with E-state index in [4.69, 9.17) is 9.47 Å². The zero-order chi connectivity index (χ0) is 17.3. The van der Waals surface area contributed by atoms with Gasteiger partial charge in [-0.1, -0.05) is 18.2 Å². The van der Waals surface area contributed by atoms with Crippen LogP contribution in [0.5, 0.6) is 5.75 Å². The first-order valence-corrected chi connectivity index (χ1v) is 9.57. The number of benzene rings is 1. The van der Waals surface area contributed by atoms with Gasteiger partial charge in [0.1, 0.15) is 5.75 Å². The molecule has 2 aliphatic heterocycles. The summed E-state index contributed by atoms with van der Waals surface area (Å²) in [5.41, 5.74) is 0. The van der Waals surface area contributed by atoms with E-state index < -0.39 is 0 Å². The molecule has 2 aliphatic rings. The molecule has 5 heteroatoms. The van der Waals surface area contributed by atoms with E-state index >= 15 is 0 Å². The third-order valence-corrected chi connectivity index (χ3v) is 5.05. The van der Waals surface area contributed by atoms with Gasteiger partial charge in [-0.25, -0.2) is 0 Å². The van der Waals surface area contributed by atoms with Crippen LogP contribution in [0.4, 0.5) is 0 Å². The van der Waals surface area contributed by atoms with Crippen molar-refractivity contribution in [2.45, 2.75) is 38.1 Å². The Bertz CT molecular complexity index is 509. The second-order valence-corrected chi connectivity index (χ2v) is 7.14. The van der Waals surface area contributed by atoms with Gasteiger partial charge in [-0.05, 0) is 43.7 Å². The lowest BCUT2D eigenvalue weighted by Crippen LogP contribution is -2.45. The van der Waals surface area contributed by atoms with Crippen LogP contribution in [0, 0.1) is 5.92 Å². The van der Waals surface area contributed by atoms with E-state index in [0.29, 0.717) is 25.0 Å². The van der Waals surface area contributed by atoms with Crippen LogP contribution >= 0.6 is 0 Å². The highest BCUT2D eigenvalue weighted by Gasteiger charge is 2.24. The summed E-state index contributed by atoms with van der Waals surface area (Å²) in [6, 6.07) is 10.1. The Hall–Kier alpha value is -1.59. The lowest BCUT2D eigenvalue weighted by molar-refractivity contribution is -0.122. The third-order valence-electron chi connectivity index (χ3n) is 5.05. The lowest BCUT2D eigenvalue weighted by atomic mass is 10.0. The second-order valence-electron chi connectivity index (χ2n) is 7.14. The average Bonchev–Trinajstić information content (AvgIpc) is 3.14. The number of likely N-dealkylation sites (tertiary alicyclic amines) is 1. The minimum absolute atomic E-state index is 0.152. The van der Waals surface area contributed by atoms with Crippen LogP contribution < -0.4 is 10.1 Å². The van der Waals surface area contributed by atoms with Crippen molar-refractivity contribution in [3.05, 3.63) is 30.3 Å². The number of amides is 1. The largest absolute Gasteiger partial charge is 0.494 e. The monoisotopic (exact) mass is 346 g/mol. The Labute approximate surface area is 150 Å². The smallest absolute Gasteiger partial charge is 0.220 e. The fourth-order valence-electron chi connectivity index (χ4n) is 3.59. The number of piperidine rings is 1. The van der Waals surface area contributed by atoms with Crippen molar-refractivity contribution in [1.29, 1.82) is 0 Å². The molecule has 0 unspecified atom stereocenters. The quantitative estimate of drug-likeness (QED) is 0.735. The zero-order valence-corrected chi connectivity index (χ0v) is 15.0. The Morgan fingerprint density at radius 3 is 2.72 bits per heavy atom. The molecule has 0 radical (unpaired) electrons. The van der Waals surface area contributed by atoms with Gasteiger partial charge in [0, 0.05) is 38.7 Å². The summed E-state index contributed by atoms with van der Waals surface area (Å²) in [4.78, 5) is 14.6. The Morgan fingerprint density at radius 2 is 2.00 bits per heavy atom. The fraction of sp³-hybridized carbons (Fsp3) is 0.650. The molecule has 2 fully saturated rings. The molecule has 2 heterocycles. The average molecular weight is 346 g/mol. The molecule has 1 atom stereocenters. The topological polar surface area (TPSA) is 50.8 Å². The van der Waals surface area contributed by atoms with Crippen molar-refractivity contribution < 1.29 is 14.3 Å². The number of para-hydroxylation sites is 1.